The lowest BCUT2D eigenvalue weighted by Crippen LogP contribution is -2.50. The molecule has 2 aliphatic rings. The minimum atomic E-state index is -3.81. The highest BCUT2D eigenvalue weighted by molar-refractivity contribution is 7.89. The van der Waals surface area contributed by atoms with Crippen LogP contribution in [0.1, 0.15) is 34.8 Å². The molecule has 2 aliphatic heterocycles. The first-order valence-corrected chi connectivity index (χ1v) is 12.0. The van der Waals surface area contributed by atoms with Gasteiger partial charge in [0.15, 0.2) is 0 Å². The van der Waals surface area contributed by atoms with E-state index in [2.05, 4.69) is 0 Å². The molecule has 32 heavy (non-hydrogen) atoms. The first-order valence-electron chi connectivity index (χ1n) is 10.6. The van der Waals surface area contributed by atoms with Crippen LogP contribution in [0.25, 0.3) is 0 Å². The zero-order chi connectivity index (χ0) is 22.9. The number of amides is 2. The highest BCUT2D eigenvalue weighted by Crippen LogP contribution is 2.30. The van der Waals surface area contributed by atoms with Gasteiger partial charge in [0.05, 0.1) is 10.5 Å². The van der Waals surface area contributed by atoms with Gasteiger partial charge < -0.3 is 9.80 Å². The lowest BCUT2D eigenvalue weighted by Gasteiger charge is -2.34. The Hall–Kier alpha value is -3.22. The fraction of sp³-hybridized carbons (Fsp3) is 0.348. The van der Waals surface area contributed by atoms with E-state index in [9.17, 15) is 23.3 Å². The normalized spacial score (nSPS) is 16.5. The Kier molecular flexibility index (Phi) is 6.00. The number of nitriles is 1. The van der Waals surface area contributed by atoms with E-state index in [1.54, 1.807) is 28.0 Å². The average Bonchev–Trinajstić information content (AvgIpc) is 3.26. The maximum atomic E-state index is 13.0. The molecule has 0 bridgehead atoms. The number of nitrogens with zero attached hydrogens (tertiary/aromatic N) is 4. The first kappa shape index (κ1) is 22.0. The summed E-state index contributed by atoms with van der Waals surface area (Å²) in [6.07, 6.45) is 1.15. The van der Waals surface area contributed by atoms with E-state index in [0.29, 0.717) is 24.9 Å². The number of rotatable bonds is 4. The summed E-state index contributed by atoms with van der Waals surface area (Å²) in [5.41, 5.74) is 2.49. The van der Waals surface area contributed by atoms with Crippen molar-refractivity contribution in [2.45, 2.75) is 24.7 Å². The third kappa shape index (κ3) is 3.87. The number of hydrogen-bond donors (Lipinski definition) is 0. The van der Waals surface area contributed by atoms with Gasteiger partial charge in [-0.25, -0.2) is 8.42 Å². The van der Waals surface area contributed by atoms with Gasteiger partial charge in [-0.15, -0.1) is 0 Å². The molecule has 0 atom stereocenters. The molecule has 0 N–H and O–H groups in total. The Balaban J connectivity index is 1.46. The van der Waals surface area contributed by atoms with Crippen molar-refractivity contribution in [3.05, 3.63) is 59.2 Å². The minimum Gasteiger partial charge on any atom is -0.336 e. The molecule has 0 unspecified atom stereocenters. The molecule has 9 heteroatoms. The number of piperazine rings is 1. The number of benzene rings is 2. The molecule has 1 fully saturated rings. The SMILES string of the molecule is CCC(=O)N1CCc2cc(C(=O)N3CCN(S(=O)(=O)c4ccccc4C#N)CC3)ccc21. The van der Waals surface area contributed by atoms with Gasteiger partial charge in [-0.3, -0.25) is 9.59 Å². The minimum absolute atomic E-state index is 0.00733. The second-order valence-corrected chi connectivity index (χ2v) is 9.70. The summed E-state index contributed by atoms with van der Waals surface area (Å²) in [5, 5.41) is 9.24. The standard InChI is InChI=1S/C23H24N4O4S/c1-2-22(28)27-10-9-17-15-18(7-8-20(17)27)23(29)25-11-13-26(14-12-25)32(30,31)21-6-4-3-5-19(21)16-24/h3-8,15H,2,9-14H2,1H3. The number of carbonyl (C=O) groups excluding carboxylic acids is 2. The molecular formula is C23H24N4O4S. The van der Waals surface area contributed by atoms with Crippen LogP contribution in [0.5, 0.6) is 0 Å². The van der Waals surface area contributed by atoms with Crippen LogP contribution in [0.15, 0.2) is 47.4 Å². The molecule has 0 radical (unpaired) electrons. The van der Waals surface area contributed by atoms with Crippen molar-refractivity contribution in [1.82, 2.24) is 9.21 Å². The van der Waals surface area contributed by atoms with E-state index in [4.69, 9.17) is 0 Å². The smallest absolute Gasteiger partial charge is 0.253 e. The maximum Gasteiger partial charge on any atom is 0.253 e. The Morgan fingerprint density at radius 1 is 1.03 bits per heavy atom. The third-order valence-corrected chi connectivity index (χ3v) is 7.93. The van der Waals surface area contributed by atoms with E-state index in [1.807, 2.05) is 25.1 Å². The highest BCUT2D eigenvalue weighted by atomic mass is 32.2. The van der Waals surface area contributed by atoms with E-state index in [1.165, 1.54) is 16.4 Å². The number of fused-ring (bicyclic) bond motifs is 1. The van der Waals surface area contributed by atoms with Crippen molar-refractivity contribution in [1.29, 1.82) is 5.26 Å². The molecular weight excluding hydrogens is 428 g/mol. The molecule has 0 aliphatic carbocycles. The molecule has 2 heterocycles. The van der Waals surface area contributed by atoms with Crippen LogP contribution in [0.3, 0.4) is 0 Å². The predicted octanol–water partition coefficient (Wildman–Crippen LogP) is 2.00. The van der Waals surface area contributed by atoms with Gasteiger partial charge in [0.2, 0.25) is 15.9 Å². The third-order valence-electron chi connectivity index (χ3n) is 5.98. The zero-order valence-electron chi connectivity index (χ0n) is 17.8. The lowest BCUT2D eigenvalue weighted by atomic mass is 10.1. The van der Waals surface area contributed by atoms with Gasteiger partial charge >= 0.3 is 0 Å². The van der Waals surface area contributed by atoms with Crippen molar-refractivity contribution in [3.63, 3.8) is 0 Å². The fourth-order valence-electron chi connectivity index (χ4n) is 4.22. The quantitative estimate of drug-likeness (QED) is 0.706. The van der Waals surface area contributed by atoms with Gasteiger partial charge in [0.25, 0.3) is 5.91 Å². The van der Waals surface area contributed by atoms with Gasteiger partial charge in [-0.1, -0.05) is 19.1 Å². The van der Waals surface area contributed by atoms with Crippen molar-refractivity contribution >= 4 is 27.5 Å². The molecule has 0 saturated carbocycles. The van der Waals surface area contributed by atoms with Crippen LogP contribution in [-0.2, 0) is 21.2 Å². The van der Waals surface area contributed by atoms with E-state index in [-0.39, 0.29) is 48.5 Å². The Labute approximate surface area is 187 Å². The summed E-state index contributed by atoms with van der Waals surface area (Å²) in [5.74, 6) is -0.0827. The molecule has 4 rings (SSSR count). The molecule has 0 spiro atoms. The van der Waals surface area contributed by atoms with E-state index >= 15 is 0 Å². The second kappa shape index (κ2) is 8.73. The van der Waals surface area contributed by atoms with Crippen LogP contribution in [-0.4, -0.2) is 62.2 Å². The molecule has 2 aromatic rings. The number of sulfonamides is 1. The Bertz CT molecular complexity index is 1210. The van der Waals surface area contributed by atoms with Gasteiger partial charge in [-0.2, -0.15) is 9.57 Å². The number of carbonyl (C=O) groups is 2. The van der Waals surface area contributed by atoms with Crippen molar-refractivity contribution in [2.24, 2.45) is 0 Å². The largest absolute Gasteiger partial charge is 0.336 e. The summed E-state index contributed by atoms with van der Waals surface area (Å²) < 4.78 is 27.3. The molecule has 0 aromatic heterocycles. The number of anilines is 1. The molecule has 166 valence electrons. The topological polar surface area (TPSA) is 102 Å². The van der Waals surface area contributed by atoms with Crippen molar-refractivity contribution in [2.75, 3.05) is 37.6 Å². The van der Waals surface area contributed by atoms with Crippen LogP contribution in [0, 0.1) is 11.3 Å². The van der Waals surface area contributed by atoms with Crippen LogP contribution in [0.4, 0.5) is 5.69 Å². The molecule has 2 aromatic carbocycles. The molecule has 8 nitrogen and oxygen atoms in total. The first-order chi connectivity index (χ1) is 15.4. The van der Waals surface area contributed by atoms with Crippen LogP contribution < -0.4 is 4.90 Å². The number of hydrogen-bond acceptors (Lipinski definition) is 5. The second-order valence-electron chi connectivity index (χ2n) is 7.80. The lowest BCUT2D eigenvalue weighted by molar-refractivity contribution is -0.118. The van der Waals surface area contributed by atoms with Gasteiger partial charge in [-0.05, 0) is 42.3 Å². The highest BCUT2D eigenvalue weighted by Gasteiger charge is 2.32. The van der Waals surface area contributed by atoms with Gasteiger partial charge in [0.1, 0.15) is 6.07 Å². The van der Waals surface area contributed by atoms with Gasteiger partial charge in [0, 0.05) is 50.4 Å². The molecule has 2 amide bonds. The summed E-state index contributed by atoms with van der Waals surface area (Å²) in [4.78, 5) is 28.5. The molecule has 1 saturated heterocycles. The fourth-order valence-corrected chi connectivity index (χ4v) is 5.79. The van der Waals surface area contributed by atoms with Crippen molar-refractivity contribution in [3.8, 4) is 6.07 Å². The summed E-state index contributed by atoms with van der Waals surface area (Å²) in [6, 6.07) is 13.5. The summed E-state index contributed by atoms with van der Waals surface area (Å²) >= 11 is 0. The predicted molar refractivity (Wildman–Crippen MR) is 119 cm³/mol. The van der Waals surface area contributed by atoms with Crippen LogP contribution >= 0.6 is 0 Å². The summed E-state index contributed by atoms with van der Waals surface area (Å²) in [7, 11) is -3.81. The monoisotopic (exact) mass is 452 g/mol. The van der Waals surface area contributed by atoms with E-state index < -0.39 is 10.0 Å². The van der Waals surface area contributed by atoms with E-state index in [0.717, 1.165) is 11.3 Å². The van der Waals surface area contributed by atoms with Crippen LogP contribution in [0.2, 0.25) is 0 Å². The average molecular weight is 453 g/mol. The zero-order valence-corrected chi connectivity index (χ0v) is 18.6. The Morgan fingerprint density at radius 3 is 2.44 bits per heavy atom. The van der Waals surface area contributed by atoms with Crippen molar-refractivity contribution < 1.29 is 18.0 Å². The maximum absolute atomic E-state index is 13.0. The Morgan fingerprint density at radius 2 is 1.75 bits per heavy atom. The summed E-state index contributed by atoms with van der Waals surface area (Å²) in [6.45, 7) is 3.32.